The van der Waals surface area contributed by atoms with Crippen LogP contribution in [0.3, 0.4) is 0 Å². The molecule has 0 fully saturated rings. The van der Waals surface area contributed by atoms with Gasteiger partial charge < -0.3 is 0 Å². The summed E-state index contributed by atoms with van der Waals surface area (Å²) in [5.41, 5.74) is 6.78. The van der Waals surface area contributed by atoms with Crippen molar-refractivity contribution in [3.05, 3.63) is 125 Å². The first-order valence-electron chi connectivity index (χ1n) is 15.5. The number of rotatable bonds is 10. The lowest BCUT2D eigenvalue weighted by atomic mass is 9.62. The van der Waals surface area contributed by atoms with E-state index in [0.717, 1.165) is 6.16 Å². The normalized spacial score (nSPS) is 15.9. The minimum Gasteiger partial charge on any atom is -0.0654 e. The van der Waals surface area contributed by atoms with Crippen molar-refractivity contribution in [3.63, 3.8) is 0 Å². The van der Waals surface area contributed by atoms with Gasteiger partial charge in [0.2, 0.25) is 0 Å². The van der Waals surface area contributed by atoms with Gasteiger partial charge in [-0.3, -0.25) is 0 Å². The summed E-state index contributed by atoms with van der Waals surface area (Å²) in [7, 11) is -1.96. The van der Waals surface area contributed by atoms with E-state index in [-0.39, 0.29) is 10.8 Å². The standard InChI is InChI=1S/C39H48P/c1-6-7-8-12-19-31-28-36-37(39(4,5)27-26-38(36,2)3)29-32(31)30-40(33-20-13-9-14-21-33,34-22-15-10-16-23-34)35-24-17-11-18-25-35/h9-11,13-18,20-25,28-29H,6-8,12,19,26-27,30H2,1-5H3/q+1. The highest BCUT2D eigenvalue weighted by molar-refractivity contribution is 7.95. The Hall–Kier alpha value is -2.69. The minimum absolute atomic E-state index is 0.202. The van der Waals surface area contributed by atoms with Gasteiger partial charge in [0, 0.05) is 0 Å². The molecule has 0 radical (unpaired) electrons. The van der Waals surface area contributed by atoms with Crippen LogP contribution in [0.1, 0.15) is 95.4 Å². The molecule has 1 heteroatoms. The summed E-state index contributed by atoms with van der Waals surface area (Å²) in [5, 5.41) is 4.42. The summed E-state index contributed by atoms with van der Waals surface area (Å²) in [6.45, 7) is 12.2. The quantitative estimate of drug-likeness (QED) is 0.137. The monoisotopic (exact) mass is 547 g/mol. The molecule has 0 nitrogen and oxygen atoms in total. The van der Waals surface area contributed by atoms with E-state index in [1.807, 2.05) is 0 Å². The van der Waals surface area contributed by atoms with E-state index in [1.165, 1.54) is 60.9 Å². The second-order valence-corrected chi connectivity index (χ2v) is 16.7. The Morgan fingerprint density at radius 3 is 1.40 bits per heavy atom. The van der Waals surface area contributed by atoms with E-state index in [1.54, 1.807) is 22.3 Å². The Labute approximate surface area is 244 Å². The van der Waals surface area contributed by atoms with Crippen LogP contribution in [0.25, 0.3) is 0 Å². The molecule has 5 rings (SSSR count). The van der Waals surface area contributed by atoms with Crippen LogP contribution in [-0.2, 0) is 23.4 Å². The number of aryl methyl sites for hydroxylation is 1. The predicted molar refractivity (Wildman–Crippen MR) is 178 cm³/mol. The molecule has 4 aromatic carbocycles. The first kappa shape index (κ1) is 28.8. The van der Waals surface area contributed by atoms with Crippen LogP contribution in [0, 0.1) is 0 Å². The third-order valence-corrected chi connectivity index (χ3v) is 13.8. The number of fused-ring (bicyclic) bond motifs is 1. The molecule has 0 amide bonds. The fourth-order valence-electron chi connectivity index (χ4n) is 6.85. The Morgan fingerprint density at radius 2 is 0.975 bits per heavy atom. The molecule has 208 valence electrons. The molecule has 1 aliphatic rings. The topological polar surface area (TPSA) is 0 Å². The molecule has 4 aromatic rings. The third kappa shape index (κ3) is 5.71. The van der Waals surface area contributed by atoms with Crippen molar-refractivity contribution in [2.75, 3.05) is 0 Å². The van der Waals surface area contributed by atoms with E-state index in [2.05, 4.69) is 138 Å². The van der Waals surface area contributed by atoms with Crippen LogP contribution in [-0.4, -0.2) is 0 Å². The molecule has 0 atom stereocenters. The second kappa shape index (κ2) is 12.0. The van der Waals surface area contributed by atoms with Crippen molar-refractivity contribution in [3.8, 4) is 0 Å². The summed E-state index contributed by atoms with van der Waals surface area (Å²) in [6.07, 6.45) is 9.95. The van der Waals surface area contributed by atoms with Crippen molar-refractivity contribution in [1.29, 1.82) is 0 Å². The van der Waals surface area contributed by atoms with Gasteiger partial charge in [-0.2, -0.15) is 0 Å². The van der Waals surface area contributed by atoms with Crippen LogP contribution in [0.2, 0.25) is 0 Å². The van der Waals surface area contributed by atoms with Gasteiger partial charge in [0.05, 0.1) is 6.16 Å². The van der Waals surface area contributed by atoms with Crippen molar-refractivity contribution >= 4 is 23.2 Å². The van der Waals surface area contributed by atoms with Crippen LogP contribution >= 0.6 is 7.26 Å². The zero-order chi connectivity index (χ0) is 28.2. The van der Waals surface area contributed by atoms with Crippen LogP contribution in [0.15, 0.2) is 103 Å². The van der Waals surface area contributed by atoms with Gasteiger partial charge in [-0.05, 0) is 95.2 Å². The van der Waals surface area contributed by atoms with Gasteiger partial charge in [-0.15, -0.1) is 0 Å². The lowest BCUT2D eigenvalue weighted by molar-refractivity contribution is 0.331. The van der Waals surface area contributed by atoms with Crippen molar-refractivity contribution in [2.24, 2.45) is 0 Å². The Morgan fingerprint density at radius 1 is 0.550 bits per heavy atom. The first-order valence-corrected chi connectivity index (χ1v) is 17.5. The maximum absolute atomic E-state index is 2.68. The maximum atomic E-state index is 2.68. The van der Waals surface area contributed by atoms with Crippen LogP contribution in [0.5, 0.6) is 0 Å². The summed E-state index contributed by atoms with van der Waals surface area (Å²) in [6, 6.07) is 39.6. The van der Waals surface area contributed by atoms with Crippen molar-refractivity contribution < 1.29 is 0 Å². The average Bonchev–Trinajstić information content (AvgIpc) is 2.98. The number of hydrogen-bond donors (Lipinski definition) is 0. The first-order chi connectivity index (χ1) is 19.3. The second-order valence-electron chi connectivity index (χ2n) is 13.2. The lowest BCUT2D eigenvalue weighted by Crippen LogP contribution is -2.35. The van der Waals surface area contributed by atoms with Gasteiger partial charge in [0.1, 0.15) is 23.2 Å². The highest BCUT2D eigenvalue weighted by Crippen LogP contribution is 2.59. The van der Waals surface area contributed by atoms with E-state index in [9.17, 15) is 0 Å². The molecule has 0 N–H and O–H groups in total. The summed E-state index contributed by atoms with van der Waals surface area (Å²) in [4.78, 5) is 0. The van der Waals surface area contributed by atoms with Gasteiger partial charge in [0.15, 0.2) is 0 Å². The van der Waals surface area contributed by atoms with E-state index in [4.69, 9.17) is 0 Å². The zero-order valence-corrected chi connectivity index (χ0v) is 26.3. The largest absolute Gasteiger partial charge is 0.116 e. The van der Waals surface area contributed by atoms with Gasteiger partial charge in [-0.25, -0.2) is 0 Å². The minimum atomic E-state index is -1.96. The molecule has 0 bridgehead atoms. The molecule has 0 aromatic heterocycles. The van der Waals surface area contributed by atoms with Crippen molar-refractivity contribution in [2.45, 2.75) is 96.6 Å². The molecule has 0 spiro atoms. The number of hydrogen-bond acceptors (Lipinski definition) is 0. The molecular formula is C39H48P+. The molecular weight excluding hydrogens is 499 g/mol. The number of benzene rings is 4. The van der Waals surface area contributed by atoms with Crippen LogP contribution < -0.4 is 15.9 Å². The van der Waals surface area contributed by atoms with Crippen molar-refractivity contribution in [1.82, 2.24) is 0 Å². The zero-order valence-electron chi connectivity index (χ0n) is 25.4. The smallest absolute Gasteiger partial charge is 0.0654 e. The van der Waals surface area contributed by atoms with E-state index >= 15 is 0 Å². The molecule has 0 saturated heterocycles. The number of unbranched alkanes of at least 4 members (excludes halogenated alkanes) is 3. The highest BCUT2D eigenvalue weighted by atomic mass is 31.2. The van der Waals surface area contributed by atoms with Gasteiger partial charge in [-0.1, -0.05) is 121 Å². The molecule has 1 aliphatic carbocycles. The summed E-state index contributed by atoms with van der Waals surface area (Å²) >= 11 is 0. The van der Waals surface area contributed by atoms with Crippen LogP contribution in [0.4, 0.5) is 0 Å². The maximum Gasteiger partial charge on any atom is 0.116 e. The Balaban J connectivity index is 1.75. The SMILES string of the molecule is CCCCCCc1cc2c(cc1C[P+](c1ccccc1)(c1ccccc1)c1ccccc1)C(C)(C)CCC2(C)C. The molecule has 0 heterocycles. The predicted octanol–water partition coefficient (Wildman–Crippen LogP) is 9.65. The Kier molecular flexibility index (Phi) is 8.68. The van der Waals surface area contributed by atoms with Gasteiger partial charge >= 0.3 is 0 Å². The van der Waals surface area contributed by atoms with E-state index in [0.29, 0.717) is 0 Å². The van der Waals surface area contributed by atoms with Gasteiger partial charge in [0.25, 0.3) is 0 Å². The molecule has 40 heavy (non-hydrogen) atoms. The average molecular weight is 548 g/mol. The fourth-order valence-corrected chi connectivity index (χ4v) is 11.1. The lowest BCUT2D eigenvalue weighted by Gasteiger charge is -2.42. The summed E-state index contributed by atoms with van der Waals surface area (Å²) < 4.78 is 0. The summed E-state index contributed by atoms with van der Waals surface area (Å²) in [5.74, 6) is 0. The molecule has 0 aliphatic heterocycles. The molecule has 0 unspecified atom stereocenters. The van der Waals surface area contributed by atoms with E-state index < -0.39 is 7.26 Å². The molecule has 0 saturated carbocycles. The highest BCUT2D eigenvalue weighted by Gasteiger charge is 2.46. The fraction of sp³-hybridized carbons (Fsp3) is 0.385. The Bertz CT molecular complexity index is 1290. The third-order valence-electron chi connectivity index (χ3n) is 9.47.